The molecule has 2 aromatic carbocycles. The number of benzene rings is 2. The van der Waals surface area contributed by atoms with Crippen LogP contribution in [0.15, 0.2) is 53.7 Å². The molecule has 2 heterocycles. The molecule has 0 radical (unpaired) electrons. The molecular formula is C26H27ClN4O4S. The van der Waals surface area contributed by atoms with Crippen LogP contribution in [0.4, 0.5) is 11.6 Å². The van der Waals surface area contributed by atoms with Crippen LogP contribution in [0.5, 0.6) is 11.5 Å². The van der Waals surface area contributed by atoms with Gasteiger partial charge in [0, 0.05) is 21.8 Å². The minimum absolute atomic E-state index is 0.236. The summed E-state index contributed by atoms with van der Waals surface area (Å²) in [7, 11) is 1.56. The minimum Gasteiger partial charge on any atom is -0.493 e. The predicted octanol–water partition coefficient (Wildman–Crippen LogP) is 5.75. The van der Waals surface area contributed by atoms with E-state index in [1.807, 2.05) is 36.4 Å². The first kappa shape index (κ1) is 25.5. The molecule has 0 saturated heterocycles. The van der Waals surface area contributed by atoms with Gasteiger partial charge in [0.05, 0.1) is 24.7 Å². The summed E-state index contributed by atoms with van der Waals surface area (Å²) in [6.07, 6.45) is -0.299. The standard InChI is InChI=1S/C26H27ClN4O4S/c1-13(2)35-25(32)20-14(3)29-24-22(23(28)30-26(36)31-24)21(20)15-9-10-18(19(11-15)33-4)34-12-16-7-5-6-8-17(16)27/h5-11,13,21H,12H2,1-4H3,(H4,28,29,30,31,36). The molecule has 1 aromatic heterocycles. The Morgan fingerprint density at radius 2 is 1.97 bits per heavy atom. The third kappa shape index (κ3) is 5.17. The smallest absolute Gasteiger partial charge is 0.337 e. The van der Waals surface area contributed by atoms with Crippen molar-refractivity contribution in [3.63, 3.8) is 0 Å². The Kier molecular flexibility index (Phi) is 7.51. The summed E-state index contributed by atoms with van der Waals surface area (Å²) in [6.45, 7) is 5.66. The molecule has 10 heteroatoms. The van der Waals surface area contributed by atoms with E-state index in [9.17, 15) is 4.79 Å². The van der Waals surface area contributed by atoms with Gasteiger partial charge in [0.15, 0.2) is 16.3 Å². The van der Waals surface area contributed by atoms with Crippen molar-refractivity contribution in [2.24, 2.45) is 0 Å². The van der Waals surface area contributed by atoms with E-state index >= 15 is 0 Å². The highest BCUT2D eigenvalue weighted by Crippen LogP contribution is 2.45. The topological polar surface area (TPSA) is 111 Å². The fourth-order valence-corrected chi connectivity index (χ4v) is 4.52. The van der Waals surface area contributed by atoms with Gasteiger partial charge in [0.2, 0.25) is 0 Å². The number of nitrogens with zero attached hydrogens (tertiary/aromatic N) is 1. The number of aromatic amines is 1. The van der Waals surface area contributed by atoms with Crippen molar-refractivity contribution in [3.8, 4) is 11.5 Å². The zero-order valence-electron chi connectivity index (χ0n) is 20.3. The first-order valence-corrected chi connectivity index (χ1v) is 12.1. The van der Waals surface area contributed by atoms with Crippen LogP contribution in [0.1, 0.15) is 43.4 Å². The predicted molar refractivity (Wildman–Crippen MR) is 142 cm³/mol. The van der Waals surface area contributed by atoms with Gasteiger partial charge in [-0.15, -0.1) is 0 Å². The number of H-pyrrole nitrogens is 1. The average molecular weight is 527 g/mol. The van der Waals surface area contributed by atoms with Gasteiger partial charge in [-0.25, -0.2) is 9.78 Å². The van der Waals surface area contributed by atoms with Crippen LogP contribution in [0.2, 0.25) is 5.02 Å². The number of halogens is 1. The summed E-state index contributed by atoms with van der Waals surface area (Å²) in [6, 6.07) is 12.9. The Morgan fingerprint density at radius 1 is 1.22 bits per heavy atom. The van der Waals surface area contributed by atoms with Crippen LogP contribution in [0.25, 0.3) is 0 Å². The number of hydrogen-bond donors (Lipinski definition) is 3. The van der Waals surface area contributed by atoms with Crippen molar-refractivity contribution in [1.29, 1.82) is 0 Å². The summed E-state index contributed by atoms with van der Waals surface area (Å²) in [5.74, 6) is 0.773. The molecule has 8 nitrogen and oxygen atoms in total. The van der Waals surface area contributed by atoms with E-state index in [4.69, 9.17) is 43.8 Å². The van der Waals surface area contributed by atoms with Crippen LogP contribution < -0.4 is 20.5 Å². The number of esters is 1. The van der Waals surface area contributed by atoms with Gasteiger partial charge >= 0.3 is 5.97 Å². The molecule has 0 aliphatic carbocycles. The molecule has 36 heavy (non-hydrogen) atoms. The summed E-state index contributed by atoms with van der Waals surface area (Å²) in [5, 5.41) is 3.78. The van der Waals surface area contributed by atoms with Gasteiger partial charge in [0.25, 0.3) is 0 Å². The Hall–Kier alpha value is -3.56. The molecule has 1 aliphatic rings. The number of carbonyl (C=O) groups is 1. The van der Waals surface area contributed by atoms with Crippen molar-refractivity contribution in [2.45, 2.75) is 39.4 Å². The number of ether oxygens (including phenoxy) is 3. The number of nitrogens with two attached hydrogens (primary N) is 1. The van der Waals surface area contributed by atoms with Gasteiger partial charge in [-0.2, -0.15) is 0 Å². The van der Waals surface area contributed by atoms with Crippen molar-refractivity contribution in [1.82, 2.24) is 9.97 Å². The zero-order chi connectivity index (χ0) is 26.0. The van der Waals surface area contributed by atoms with E-state index in [1.54, 1.807) is 33.9 Å². The molecule has 0 fully saturated rings. The quantitative estimate of drug-likeness (QED) is 0.264. The second-order valence-electron chi connectivity index (χ2n) is 8.56. The highest BCUT2D eigenvalue weighted by molar-refractivity contribution is 7.71. The van der Waals surface area contributed by atoms with Crippen LogP contribution in [0.3, 0.4) is 0 Å². The van der Waals surface area contributed by atoms with Gasteiger partial charge in [-0.3, -0.25) is 0 Å². The van der Waals surface area contributed by atoms with Gasteiger partial charge in [0.1, 0.15) is 18.2 Å². The van der Waals surface area contributed by atoms with E-state index in [0.29, 0.717) is 45.0 Å². The number of rotatable bonds is 7. The molecule has 3 aromatic rings. The summed E-state index contributed by atoms with van der Waals surface area (Å²) in [4.78, 5) is 20.5. The lowest BCUT2D eigenvalue weighted by Crippen LogP contribution is -2.27. The molecule has 1 atom stereocenters. The number of methoxy groups -OCH3 is 1. The number of fused-ring (bicyclic) bond motifs is 1. The maximum atomic E-state index is 13.2. The lowest BCUT2D eigenvalue weighted by molar-refractivity contribution is -0.142. The lowest BCUT2D eigenvalue weighted by Gasteiger charge is -2.30. The highest BCUT2D eigenvalue weighted by Gasteiger charge is 2.36. The molecule has 0 bridgehead atoms. The Balaban J connectivity index is 1.78. The number of nitrogens with one attached hydrogen (secondary N) is 2. The number of carbonyl (C=O) groups excluding carboxylic acids is 1. The maximum absolute atomic E-state index is 13.2. The van der Waals surface area contributed by atoms with Gasteiger partial charge < -0.3 is 30.2 Å². The van der Waals surface area contributed by atoms with E-state index in [1.165, 1.54) is 0 Å². The number of hydrogen-bond acceptors (Lipinski definition) is 8. The molecule has 4 rings (SSSR count). The van der Waals surface area contributed by atoms with Crippen LogP contribution in [0, 0.1) is 4.77 Å². The van der Waals surface area contributed by atoms with E-state index < -0.39 is 11.9 Å². The van der Waals surface area contributed by atoms with Crippen molar-refractivity contribution >= 4 is 41.4 Å². The molecule has 188 valence electrons. The van der Waals surface area contributed by atoms with E-state index in [0.717, 1.165) is 11.1 Å². The van der Waals surface area contributed by atoms with Gasteiger partial charge in [-0.05, 0) is 56.8 Å². The number of allylic oxidation sites excluding steroid dienone is 1. The normalized spacial score (nSPS) is 14.8. The SMILES string of the molecule is COc1cc(C2C(C(=O)OC(C)C)=C(C)Nc3nc(=S)[nH]c(N)c32)ccc1OCc1ccccc1Cl. The third-order valence-corrected chi connectivity index (χ3v) is 6.27. The first-order valence-electron chi connectivity index (χ1n) is 11.3. The Labute approximate surface area is 219 Å². The van der Waals surface area contributed by atoms with E-state index in [-0.39, 0.29) is 17.5 Å². The Morgan fingerprint density at radius 3 is 2.67 bits per heavy atom. The average Bonchev–Trinajstić information content (AvgIpc) is 2.81. The summed E-state index contributed by atoms with van der Waals surface area (Å²) in [5.41, 5.74) is 9.57. The molecular weight excluding hydrogens is 500 g/mol. The number of nitrogen functional groups attached to an aromatic ring is 1. The van der Waals surface area contributed by atoms with E-state index in [2.05, 4.69) is 15.3 Å². The first-order chi connectivity index (χ1) is 17.2. The van der Waals surface area contributed by atoms with Crippen molar-refractivity contribution in [3.05, 3.63) is 80.2 Å². The monoisotopic (exact) mass is 526 g/mol. The number of anilines is 2. The lowest BCUT2D eigenvalue weighted by atomic mass is 9.81. The molecule has 1 aliphatic heterocycles. The molecule has 4 N–H and O–H groups in total. The highest BCUT2D eigenvalue weighted by atomic mass is 35.5. The number of aromatic nitrogens is 2. The molecule has 0 amide bonds. The zero-order valence-corrected chi connectivity index (χ0v) is 21.9. The van der Waals surface area contributed by atoms with Crippen LogP contribution in [-0.4, -0.2) is 29.2 Å². The second kappa shape index (κ2) is 10.6. The minimum atomic E-state index is -0.585. The van der Waals surface area contributed by atoms with Crippen LogP contribution in [-0.2, 0) is 16.1 Å². The maximum Gasteiger partial charge on any atom is 0.337 e. The second-order valence-corrected chi connectivity index (χ2v) is 9.35. The van der Waals surface area contributed by atoms with Crippen molar-refractivity contribution < 1.29 is 19.0 Å². The summed E-state index contributed by atoms with van der Waals surface area (Å²) < 4.78 is 17.5. The molecule has 1 unspecified atom stereocenters. The summed E-state index contributed by atoms with van der Waals surface area (Å²) >= 11 is 11.5. The van der Waals surface area contributed by atoms with Gasteiger partial charge in [-0.1, -0.05) is 35.9 Å². The van der Waals surface area contributed by atoms with Crippen molar-refractivity contribution in [2.75, 3.05) is 18.2 Å². The fraction of sp³-hybridized carbons (Fsp3) is 0.269. The fourth-order valence-electron chi connectivity index (χ4n) is 4.13. The third-order valence-electron chi connectivity index (χ3n) is 5.71. The molecule has 0 saturated carbocycles. The van der Waals surface area contributed by atoms with Crippen LogP contribution >= 0.6 is 23.8 Å². The Bertz CT molecular complexity index is 1400. The largest absolute Gasteiger partial charge is 0.493 e. The molecule has 0 spiro atoms.